The second-order valence-corrected chi connectivity index (χ2v) is 8.96. The number of nitrogens with one attached hydrogen (secondary N) is 1. The molecule has 5 heteroatoms. The monoisotopic (exact) mass is 340 g/mol. The largest absolute Gasteiger partial charge is 0.355 e. The molecular formula is C20H28N4O. The molecule has 5 nitrogen and oxygen atoms in total. The van der Waals surface area contributed by atoms with Crippen molar-refractivity contribution in [2.24, 2.45) is 23.2 Å². The van der Waals surface area contributed by atoms with E-state index in [1.807, 2.05) is 6.20 Å². The molecular weight excluding hydrogens is 312 g/mol. The molecule has 1 N–H and O–H groups in total. The first-order valence-electron chi connectivity index (χ1n) is 10.1. The van der Waals surface area contributed by atoms with Gasteiger partial charge in [0.2, 0.25) is 5.91 Å². The Morgan fingerprint density at radius 3 is 2.28 bits per heavy atom. The second-order valence-electron chi connectivity index (χ2n) is 8.96. The van der Waals surface area contributed by atoms with Crippen LogP contribution in [0.2, 0.25) is 0 Å². The molecule has 0 aromatic carbocycles. The Labute approximate surface area is 149 Å². The Hall–Kier alpha value is -1.65. The molecule has 25 heavy (non-hydrogen) atoms. The Morgan fingerprint density at radius 1 is 1.00 bits per heavy atom. The molecule has 6 rings (SSSR count). The number of hydrogen-bond acceptors (Lipinski definition) is 4. The Morgan fingerprint density at radius 2 is 1.64 bits per heavy atom. The third-order valence-electron chi connectivity index (χ3n) is 7.06. The average Bonchev–Trinajstić information content (AvgIpc) is 2.61. The fourth-order valence-corrected chi connectivity index (χ4v) is 6.33. The molecule has 1 aliphatic heterocycles. The zero-order chi connectivity index (χ0) is 16.9. The van der Waals surface area contributed by atoms with Crippen LogP contribution in [0.1, 0.15) is 57.8 Å². The molecule has 5 aliphatic rings. The van der Waals surface area contributed by atoms with Gasteiger partial charge in [0.1, 0.15) is 5.82 Å². The molecule has 5 fully saturated rings. The molecule has 0 spiro atoms. The number of carbonyl (C=O) groups is 1. The van der Waals surface area contributed by atoms with Crippen LogP contribution < -0.4 is 10.2 Å². The van der Waals surface area contributed by atoms with E-state index in [2.05, 4.69) is 15.2 Å². The molecule has 1 saturated heterocycles. The molecule has 0 radical (unpaired) electrons. The lowest BCUT2D eigenvalue weighted by molar-refractivity contribution is -0.140. The van der Waals surface area contributed by atoms with Gasteiger partial charge in [-0.25, -0.2) is 4.98 Å². The third kappa shape index (κ3) is 2.81. The van der Waals surface area contributed by atoms with E-state index in [9.17, 15) is 4.79 Å². The van der Waals surface area contributed by atoms with Crippen molar-refractivity contribution < 1.29 is 4.79 Å². The van der Waals surface area contributed by atoms with Crippen LogP contribution in [0.25, 0.3) is 0 Å². The van der Waals surface area contributed by atoms with Crippen molar-refractivity contribution in [3.63, 3.8) is 0 Å². The Kier molecular flexibility index (Phi) is 3.72. The van der Waals surface area contributed by atoms with Crippen molar-refractivity contribution in [3.05, 3.63) is 12.4 Å². The lowest BCUT2D eigenvalue weighted by Gasteiger charge is -2.55. The number of hydrogen-bond donors (Lipinski definition) is 1. The van der Waals surface area contributed by atoms with Gasteiger partial charge in [0.05, 0.1) is 17.8 Å². The van der Waals surface area contributed by atoms with Crippen LogP contribution >= 0.6 is 0 Å². The zero-order valence-electron chi connectivity index (χ0n) is 14.9. The highest BCUT2D eigenvalue weighted by Gasteiger charge is 2.54. The zero-order valence-corrected chi connectivity index (χ0v) is 14.9. The molecule has 0 atom stereocenters. The Balaban J connectivity index is 1.33. The second kappa shape index (κ2) is 5.96. The molecule has 2 heterocycles. The maximum atomic E-state index is 13.2. The SMILES string of the molecule is O=C(Nc1cncc(N2CCCCC2)n1)C12CC3CC(CC(C3)C1)C2. The number of anilines is 2. The summed E-state index contributed by atoms with van der Waals surface area (Å²) in [6.07, 6.45) is 14.6. The number of carbonyl (C=O) groups excluding carboxylic acids is 1. The van der Waals surface area contributed by atoms with Gasteiger partial charge in [0, 0.05) is 13.1 Å². The number of nitrogens with zero attached hydrogens (tertiary/aromatic N) is 3. The summed E-state index contributed by atoms with van der Waals surface area (Å²) >= 11 is 0. The normalized spacial score (nSPS) is 36.5. The summed E-state index contributed by atoms with van der Waals surface area (Å²) in [7, 11) is 0. The van der Waals surface area contributed by atoms with E-state index in [1.165, 1.54) is 38.5 Å². The summed E-state index contributed by atoms with van der Waals surface area (Å²) in [4.78, 5) is 24.5. The minimum absolute atomic E-state index is 0.127. The highest BCUT2D eigenvalue weighted by molar-refractivity contribution is 5.95. The fourth-order valence-electron chi connectivity index (χ4n) is 6.33. The lowest BCUT2D eigenvalue weighted by atomic mass is 9.49. The number of aromatic nitrogens is 2. The van der Waals surface area contributed by atoms with Crippen molar-refractivity contribution >= 4 is 17.5 Å². The van der Waals surface area contributed by atoms with Gasteiger partial charge in [-0.2, -0.15) is 0 Å². The van der Waals surface area contributed by atoms with E-state index in [0.29, 0.717) is 5.82 Å². The van der Waals surface area contributed by atoms with Crippen LogP contribution in [0, 0.1) is 23.2 Å². The van der Waals surface area contributed by atoms with Gasteiger partial charge in [-0.05, 0) is 75.5 Å². The van der Waals surface area contributed by atoms with E-state index in [-0.39, 0.29) is 11.3 Å². The molecule has 4 saturated carbocycles. The van der Waals surface area contributed by atoms with Crippen LogP contribution in [0.3, 0.4) is 0 Å². The first kappa shape index (κ1) is 15.6. The van der Waals surface area contributed by atoms with Gasteiger partial charge < -0.3 is 10.2 Å². The molecule has 134 valence electrons. The van der Waals surface area contributed by atoms with Gasteiger partial charge in [-0.3, -0.25) is 9.78 Å². The summed E-state index contributed by atoms with van der Waals surface area (Å²) in [5.41, 5.74) is -0.127. The lowest BCUT2D eigenvalue weighted by Crippen LogP contribution is -2.51. The van der Waals surface area contributed by atoms with Crippen LogP contribution in [-0.2, 0) is 4.79 Å². The Bertz CT molecular complexity index is 632. The van der Waals surface area contributed by atoms with Crippen molar-refractivity contribution in [2.75, 3.05) is 23.3 Å². The van der Waals surface area contributed by atoms with Gasteiger partial charge in [-0.15, -0.1) is 0 Å². The average molecular weight is 340 g/mol. The van der Waals surface area contributed by atoms with Gasteiger partial charge in [0.25, 0.3) is 0 Å². The third-order valence-corrected chi connectivity index (χ3v) is 7.06. The van der Waals surface area contributed by atoms with E-state index in [1.54, 1.807) is 6.20 Å². The van der Waals surface area contributed by atoms with Crippen LogP contribution in [0.4, 0.5) is 11.6 Å². The van der Waals surface area contributed by atoms with Gasteiger partial charge in [-0.1, -0.05) is 0 Å². The van der Waals surface area contributed by atoms with Crippen molar-refractivity contribution in [3.8, 4) is 0 Å². The first-order chi connectivity index (χ1) is 12.2. The quantitative estimate of drug-likeness (QED) is 0.913. The number of piperidine rings is 1. The highest BCUT2D eigenvalue weighted by Crippen LogP contribution is 2.60. The molecule has 4 bridgehead atoms. The summed E-state index contributed by atoms with van der Waals surface area (Å²) in [5.74, 6) is 4.08. The summed E-state index contributed by atoms with van der Waals surface area (Å²) in [5, 5.41) is 3.14. The molecule has 1 aromatic rings. The topological polar surface area (TPSA) is 58.1 Å². The predicted octanol–water partition coefficient (Wildman–Crippen LogP) is 3.62. The summed E-state index contributed by atoms with van der Waals surface area (Å²) in [6.45, 7) is 2.09. The molecule has 4 aliphatic carbocycles. The van der Waals surface area contributed by atoms with E-state index in [0.717, 1.165) is 55.9 Å². The van der Waals surface area contributed by atoms with Gasteiger partial charge >= 0.3 is 0 Å². The molecule has 1 amide bonds. The summed E-state index contributed by atoms with van der Waals surface area (Å²) in [6, 6.07) is 0. The maximum absolute atomic E-state index is 13.2. The first-order valence-corrected chi connectivity index (χ1v) is 10.1. The number of amides is 1. The van der Waals surface area contributed by atoms with Crippen molar-refractivity contribution in [1.29, 1.82) is 0 Å². The van der Waals surface area contributed by atoms with Crippen LogP contribution in [-0.4, -0.2) is 29.0 Å². The highest BCUT2D eigenvalue weighted by atomic mass is 16.2. The van der Waals surface area contributed by atoms with E-state index in [4.69, 9.17) is 4.98 Å². The molecule has 0 unspecified atom stereocenters. The minimum atomic E-state index is -0.127. The van der Waals surface area contributed by atoms with E-state index >= 15 is 0 Å². The molecule has 1 aromatic heterocycles. The van der Waals surface area contributed by atoms with E-state index < -0.39 is 0 Å². The van der Waals surface area contributed by atoms with Gasteiger partial charge in [0.15, 0.2) is 5.82 Å². The van der Waals surface area contributed by atoms with Crippen molar-refractivity contribution in [2.45, 2.75) is 57.8 Å². The predicted molar refractivity (Wildman–Crippen MR) is 97.3 cm³/mol. The summed E-state index contributed by atoms with van der Waals surface area (Å²) < 4.78 is 0. The minimum Gasteiger partial charge on any atom is -0.355 e. The number of rotatable bonds is 3. The van der Waals surface area contributed by atoms with Crippen LogP contribution in [0.5, 0.6) is 0 Å². The van der Waals surface area contributed by atoms with Crippen molar-refractivity contribution in [1.82, 2.24) is 9.97 Å². The smallest absolute Gasteiger partial charge is 0.231 e. The standard InChI is InChI=1S/C20H28N4O/c25-19(20-9-14-6-15(10-20)8-16(7-14)11-20)23-17-12-21-13-18(22-17)24-4-2-1-3-5-24/h12-16H,1-11H2,(H,22,23,25). The maximum Gasteiger partial charge on any atom is 0.231 e. The van der Waals surface area contributed by atoms with Crippen LogP contribution in [0.15, 0.2) is 12.4 Å². The fraction of sp³-hybridized carbons (Fsp3) is 0.750.